The van der Waals surface area contributed by atoms with Crippen LogP contribution in [-0.4, -0.2) is 40.4 Å². The van der Waals surface area contributed by atoms with Crippen molar-refractivity contribution in [2.45, 2.75) is 70.0 Å². The number of anilines is 1. The van der Waals surface area contributed by atoms with Crippen molar-refractivity contribution in [3.05, 3.63) is 11.3 Å². The summed E-state index contributed by atoms with van der Waals surface area (Å²) < 4.78 is 6.13. The number of rotatable bonds is 3. The molecule has 1 aromatic rings. The van der Waals surface area contributed by atoms with Gasteiger partial charge in [0, 0.05) is 18.7 Å². The molecule has 0 aromatic carbocycles. The fourth-order valence-electron chi connectivity index (χ4n) is 3.91. The van der Waals surface area contributed by atoms with Crippen LogP contribution in [0.3, 0.4) is 0 Å². The lowest BCUT2D eigenvalue weighted by Crippen LogP contribution is -2.32. The highest BCUT2D eigenvalue weighted by atomic mass is 16.5. The molecule has 0 bridgehead atoms. The Bertz CT molecular complexity index is 543. The number of piperidine rings is 1. The molecule has 0 spiro atoms. The number of nitrogens with zero attached hydrogens (tertiary/aromatic N) is 3. The minimum Gasteiger partial charge on any atom is -0.471 e. The molecule has 120 valence electrons. The third-order valence-electron chi connectivity index (χ3n) is 5.20. The van der Waals surface area contributed by atoms with Gasteiger partial charge in [-0.2, -0.15) is 4.98 Å². The lowest BCUT2D eigenvalue weighted by atomic mass is 10.1. The predicted octanol–water partition coefficient (Wildman–Crippen LogP) is 2.25. The normalized spacial score (nSPS) is 28.0. The number of aryl methyl sites for hydroxylation is 1. The van der Waals surface area contributed by atoms with Gasteiger partial charge in [-0.15, -0.1) is 0 Å². The van der Waals surface area contributed by atoms with Gasteiger partial charge < -0.3 is 14.7 Å². The fourth-order valence-corrected chi connectivity index (χ4v) is 3.91. The Morgan fingerprint density at radius 3 is 2.59 bits per heavy atom. The van der Waals surface area contributed by atoms with Crippen molar-refractivity contribution in [1.82, 2.24) is 9.97 Å². The second-order valence-corrected chi connectivity index (χ2v) is 6.81. The summed E-state index contributed by atoms with van der Waals surface area (Å²) in [6, 6.07) is 0. The van der Waals surface area contributed by atoms with Crippen LogP contribution in [-0.2, 0) is 12.8 Å². The van der Waals surface area contributed by atoms with Crippen LogP contribution in [0.25, 0.3) is 0 Å². The first kappa shape index (κ1) is 14.2. The Kier molecular flexibility index (Phi) is 3.90. The number of aliphatic hydroxyl groups is 1. The van der Waals surface area contributed by atoms with E-state index in [0.717, 1.165) is 69.1 Å². The highest BCUT2D eigenvalue weighted by Crippen LogP contribution is 2.33. The zero-order valence-electron chi connectivity index (χ0n) is 13.1. The second kappa shape index (κ2) is 6.03. The van der Waals surface area contributed by atoms with E-state index in [1.165, 1.54) is 24.8 Å². The molecule has 3 aliphatic rings. The van der Waals surface area contributed by atoms with Gasteiger partial charge in [-0.3, -0.25) is 0 Å². The molecular formula is C17H25N3O2. The highest BCUT2D eigenvalue weighted by Gasteiger charge is 2.30. The molecule has 22 heavy (non-hydrogen) atoms. The molecule has 2 aliphatic carbocycles. The van der Waals surface area contributed by atoms with Crippen molar-refractivity contribution >= 4 is 5.95 Å². The first-order valence-electron chi connectivity index (χ1n) is 8.81. The largest absolute Gasteiger partial charge is 0.471 e. The lowest BCUT2D eigenvalue weighted by Gasteiger charge is -2.28. The van der Waals surface area contributed by atoms with Crippen molar-refractivity contribution in [1.29, 1.82) is 0 Å². The number of fused-ring (bicyclic) bond motifs is 1. The van der Waals surface area contributed by atoms with Crippen molar-refractivity contribution in [2.75, 3.05) is 18.0 Å². The monoisotopic (exact) mass is 303 g/mol. The summed E-state index contributed by atoms with van der Waals surface area (Å²) in [6.45, 7) is 2.09. The van der Waals surface area contributed by atoms with E-state index in [1.807, 2.05) is 0 Å². The molecule has 2 heterocycles. The molecule has 0 amide bonds. The number of ether oxygens (including phenoxy) is 1. The highest BCUT2D eigenvalue weighted by molar-refractivity contribution is 5.43. The maximum absolute atomic E-state index is 10.0. The molecule has 2 fully saturated rings. The molecule has 1 N–H and O–H groups in total. The fraction of sp³-hybridized carbons (Fsp3) is 0.765. The van der Waals surface area contributed by atoms with Crippen LogP contribution in [0.4, 0.5) is 5.95 Å². The minimum atomic E-state index is -0.342. The van der Waals surface area contributed by atoms with Crippen LogP contribution in [0.15, 0.2) is 0 Å². The Balaban J connectivity index is 1.62. The zero-order chi connectivity index (χ0) is 14.9. The third-order valence-corrected chi connectivity index (χ3v) is 5.20. The number of aromatic nitrogens is 2. The third kappa shape index (κ3) is 2.67. The molecule has 1 saturated heterocycles. The van der Waals surface area contributed by atoms with Gasteiger partial charge >= 0.3 is 0 Å². The summed E-state index contributed by atoms with van der Waals surface area (Å²) in [5, 5.41) is 10.0. The number of hydrogen-bond donors (Lipinski definition) is 1. The summed E-state index contributed by atoms with van der Waals surface area (Å²) >= 11 is 0. The standard InChI is InChI=1S/C17H25N3O2/c21-14-8-5-9-15(14)22-16-12-6-4-7-13(12)18-17(19-16)20-10-2-1-3-11-20/h14-15,21H,1-11H2/t14-,15-/m1/s1. The first-order valence-corrected chi connectivity index (χ1v) is 8.81. The van der Waals surface area contributed by atoms with Crippen LogP contribution >= 0.6 is 0 Å². The topological polar surface area (TPSA) is 58.5 Å². The molecule has 4 rings (SSSR count). The smallest absolute Gasteiger partial charge is 0.228 e. The predicted molar refractivity (Wildman–Crippen MR) is 84.4 cm³/mol. The average molecular weight is 303 g/mol. The van der Waals surface area contributed by atoms with Crippen molar-refractivity contribution < 1.29 is 9.84 Å². The van der Waals surface area contributed by atoms with Gasteiger partial charge in [-0.05, 0) is 57.8 Å². The zero-order valence-corrected chi connectivity index (χ0v) is 13.1. The maximum atomic E-state index is 10.0. The van der Waals surface area contributed by atoms with Crippen LogP contribution in [0.2, 0.25) is 0 Å². The molecule has 5 heteroatoms. The minimum absolute atomic E-state index is 0.0891. The van der Waals surface area contributed by atoms with Gasteiger partial charge in [0.2, 0.25) is 11.8 Å². The quantitative estimate of drug-likeness (QED) is 0.928. The first-order chi connectivity index (χ1) is 10.8. The number of aliphatic hydroxyl groups excluding tert-OH is 1. The van der Waals surface area contributed by atoms with Gasteiger partial charge in [0.25, 0.3) is 0 Å². The molecule has 1 aromatic heterocycles. The molecule has 2 atom stereocenters. The molecule has 1 saturated carbocycles. The van der Waals surface area contributed by atoms with Gasteiger partial charge in [0.15, 0.2) is 0 Å². The van der Waals surface area contributed by atoms with E-state index in [4.69, 9.17) is 14.7 Å². The van der Waals surface area contributed by atoms with E-state index in [9.17, 15) is 5.11 Å². The second-order valence-electron chi connectivity index (χ2n) is 6.81. The molecule has 0 radical (unpaired) electrons. The van der Waals surface area contributed by atoms with Gasteiger partial charge in [0.1, 0.15) is 6.10 Å². The molecule has 5 nitrogen and oxygen atoms in total. The van der Waals surface area contributed by atoms with Crippen molar-refractivity contribution in [2.24, 2.45) is 0 Å². The Labute approximate surface area is 131 Å². The van der Waals surface area contributed by atoms with E-state index in [1.54, 1.807) is 0 Å². The molecular weight excluding hydrogens is 278 g/mol. The van der Waals surface area contributed by atoms with Gasteiger partial charge in [-0.1, -0.05) is 0 Å². The van der Waals surface area contributed by atoms with E-state index in [-0.39, 0.29) is 12.2 Å². The summed E-state index contributed by atoms with van der Waals surface area (Å²) in [4.78, 5) is 11.8. The molecule has 0 unspecified atom stereocenters. The van der Waals surface area contributed by atoms with Gasteiger partial charge in [0.05, 0.1) is 11.8 Å². The van der Waals surface area contributed by atoms with E-state index >= 15 is 0 Å². The SMILES string of the molecule is O[C@@H]1CCC[C@H]1Oc1nc(N2CCCCC2)nc2c1CCC2. The van der Waals surface area contributed by atoms with Crippen LogP contribution < -0.4 is 9.64 Å². The van der Waals surface area contributed by atoms with Crippen LogP contribution in [0.5, 0.6) is 5.88 Å². The lowest BCUT2D eigenvalue weighted by molar-refractivity contribution is 0.0567. The van der Waals surface area contributed by atoms with Crippen molar-refractivity contribution in [3.63, 3.8) is 0 Å². The number of hydrogen-bond acceptors (Lipinski definition) is 5. The van der Waals surface area contributed by atoms with E-state index in [0.29, 0.717) is 0 Å². The maximum Gasteiger partial charge on any atom is 0.228 e. The average Bonchev–Trinajstić information content (AvgIpc) is 3.17. The summed E-state index contributed by atoms with van der Waals surface area (Å²) in [6.07, 6.45) is 9.30. The Morgan fingerprint density at radius 1 is 0.955 bits per heavy atom. The van der Waals surface area contributed by atoms with E-state index < -0.39 is 0 Å². The Hall–Kier alpha value is -1.36. The van der Waals surface area contributed by atoms with Crippen LogP contribution in [0.1, 0.15) is 56.2 Å². The molecule has 1 aliphatic heterocycles. The van der Waals surface area contributed by atoms with Crippen LogP contribution in [0, 0.1) is 0 Å². The Morgan fingerprint density at radius 2 is 1.82 bits per heavy atom. The summed E-state index contributed by atoms with van der Waals surface area (Å²) in [5.41, 5.74) is 2.35. The van der Waals surface area contributed by atoms with Gasteiger partial charge in [-0.25, -0.2) is 4.98 Å². The summed E-state index contributed by atoms with van der Waals surface area (Å²) in [5.74, 6) is 1.58. The van der Waals surface area contributed by atoms with Crippen molar-refractivity contribution in [3.8, 4) is 5.88 Å². The van der Waals surface area contributed by atoms with E-state index in [2.05, 4.69) is 4.90 Å². The summed E-state index contributed by atoms with van der Waals surface area (Å²) in [7, 11) is 0.